The maximum atomic E-state index is 12.0. The van der Waals surface area contributed by atoms with E-state index in [1.807, 2.05) is 6.92 Å². The number of rotatable bonds is 7. The molecule has 0 aromatic carbocycles. The van der Waals surface area contributed by atoms with E-state index in [9.17, 15) is 13.2 Å². The Morgan fingerprint density at radius 1 is 1.47 bits per heavy atom. The second-order valence-electron chi connectivity index (χ2n) is 4.80. The van der Waals surface area contributed by atoms with E-state index in [4.69, 9.17) is 4.74 Å². The second-order valence-corrected chi connectivity index (χ2v) is 6.89. The predicted molar refractivity (Wildman–Crippen MR) is 73.3 cm³/mol. The van der Waals surface area contributed by atoms with Crippen molar-refractivity contribution in [3.63, 3.8) is 0 Å². The van der Waals surface area contributed by atoms with Gasteiger partial charge in [0.1, 0.15) is 0 Å². The number of nitrogens with one attached hydrogen (secondary N) is 1. The zero-order valence-electron chi connectivity index (χ0n) is 11.7. The molecule has 0 spiro atoms. The summed E-state index contributed by atoms with van der Waals surface area (Å²) in [6, 6.07) is 0. The minimum absolute atomic E-state index is 0.0755. The van der Waals surface area contributed by atoms with Gasteiger partial charge >= 0.3 is 0 Å². The Labute approximate surface area is 115 Å². The standard InChI is InChI=1S/C12H24N2O4S/c1-3-9-19(16,17)14-7-4-5-11(10-14)12(15)13-6-8-18-2/h11H,3-10H2,1-2H3,(H,13,15)/t11-/m0/s1. The van der Waals surface area contributed by atoms with Crippen LogP contribution in [-0.4, -0.2) is 57.7 Å². The van der Waals surface area contributed by atoms with Crippen LogP contribution in [0.2, 0.25) is 0 Å². The molecule has 1 N–H and O–H groups in total. The van der Waals surface area contributed by atoms with Gasteiger partial charge in [0.05, 0.1) is 18.3 Å². The van der Waals surface area contributed by atoms with E-state index in [-0.39, 0.29) is 17.6 Å². The van der Waals surface area contributed by atoms with Crippen LogP contribution in [0.5, 0.6) is 0 Å². The highest BCUT2D eigenvalue weighted by Crippen LogP contribution is 2.19. The van der Waals surface area contributed by atoms with E-state index in [0.717, 1.165) is 12.8 Å². The number of ether oxygens (including phenoxy) is 1. The van der Waals surface area contributed by atoms with E-state index in [0.29, 0.717) is 32.7 Å². The molecule has 1 fully saturated rings. The van der Waals surface area contributed by atoms with Gasteiger partial charge in [-0.1, -0.05) is 6.92 Å². The molecular weight excluding hydrogens is 268 g/mol. The highest BCUT2D eigenvalue weighted by atomic mass is 32.2. The van der Waals surface area contributed by atoms with Gasteiger partial charge in [0.2, 0.25) is 15.9 Å². The number of carbonyl (C=O) groups excluding carboxylic acids is 1. The highest BCUT2D eigenvalue weighted by molar-refractivity contribution is 7.89. The Kier molecular flexibility index (Phi) is 6.74. The number of hydrogen-bond acceptors (Lipinski definition) is 4. The summed E-state index contributed by atoms with van der Waals surface area (Å²) in [7, 11) is -1.62. The van der Waals surface area contributed by atoms with Crippen LogP contribution in [0.4, 0.5) is 0 Å². The lowest BCUT2D eigenvalue weighted by molar-refractivity contribution is -0.126. The number of nitrogens with zero attached hydrogens (tertiary/aromatic N) is 1. The Hall–Kier alpha value is -0.660. The molecule has 0 aliphatic carbocycles. The van der Waals surface area contributed by atoms with Crippen LogP contribution in [0.15, 0.2) is 0 Å². The quantitative estimate of drug-likeness (QED) is 0.680. The van der Waals surface area contributed by atoms with Crippen molar-refractivity contribution in [2.75, 3.05) is 39.1 Å². The Bertz CT molecular complexity index is 383. The van der Waals surface area contributed by atoms with Gasteiger partial charge in [0, 0.05) is 26.7 Å². The maximum Gasteiger partial charge on any atom is 0.224 e. The second kappa shape index (κ2) is 7.81. The maximum absolute atomic E-state index is 12.0. The third-order valence-electron chi connectivity index (χ3n) is 3.22. The van der Waals surface area contributed by atoms with E-state index in [1.165, 1.54) is 4.31 Å². The van der Waals surface area contributed by atoms with Crippen molar-refractivity contribution in [3.05, 3.63) is 0 Å². The van der Waals surface area contributed by atoms with E-state index in [1.54, 1.807) is 7.11 Å². The lowest BCUT2D eigenvalue weighted by Gasteiger charge is -2.31. The number of methoxy groups -OCH3 is 1. The fourth-order valence-electron chi connectivity index (χ4n) is 2.22. The third-order valence-corrected chi connectivity index (χ3v) is 5.26. The summed E-state index contributed by atoms with van der Waals surface area (Å²) in [5.41, 5.74) is 0. The van der Waals surface area contributed by atoms with Crippen LogP contribution in [0.25, 0.3) is 0 Å². The normalized spacial score (nSPS) is 21.3. The van der Waals surface area contributed by atoms with Gasteiger partial charge in [-0.2, -0.15) is 0 Å². The van der Waals surface area contributed by atoms with Crippen LogP contribution in [0.1, 0.15) is 26.2 Å². The monoisotopic (exact) mass is 292 g/mol. The minimum Gasteiger partial charge on any atom is -0.383 e. The lowest BCUT2D eigenvalue weighted by Crippen LogP contribution is -2.46. The van der Waals surface area contributed by atoms with Crippen molar-refractivity contribution < 1.29 is 17.9 Å². The highest BCUT2D eigenvalue weighted by Gasteiger charge is 2.31. The van der Waals surface area contributed by atoms with E-state index >= 15 is 0 Å². The first kappa shape index (κ1) is 16.4. The number of amides is 1. The largest absolute Gasteiger partial charge is 0.383 e. The van der Waals surface area contributed by atoms with E-state index in [2.05, 4.69) is 5.32 Å². The van der Waals surface area contributed by atoms with Gasteiger partial charge in [-0.15, -0.1) is 0 Å². The molecule has 1 atom stereocenters. The van der Waals surface area contributed by atoms with Crippen molar-refractivity contribution in [1.82, 2.24) is 9.62 Å². The average Bonchev–Trinajstić information content (AvgIpc) is 2.39. The molecule has 1 saturated heterocycles. The molecule has 0 aromatic heterocycles. The molecule has 0 radical (unpaired) electrons. The minimum atomic E-state index is -3.20. The summed E-state index contributed by atoms with van der Waals surface area (Å²) >= 11 is 0. The third kappa shape index (κ3) is 5.08. The Morgan fingerprint density at radius 3 is 2.84 bits per heavy atom. The number of sulfonamides is 1. The van der Waals surface area contributed by atoms with Crippen molar-refractivity contribution in [2.45, 2.75) is 26.2 Å². The first-order valence-corrected chi connectivity index (χ1v) is 8.36. The van der Waals surface area contributed by atoms with E-state index < -0.39 is 10.0 Å². The Balaban J connectivity index is 2.52. The molecule has 19 heavy (non-hydrogen) atoms. The smallest absolute Gasteiger partial charge is 0.224 e. The van der Waals surface area contributed by atoms with Crippen LogP contribution >= 0.6 is 0 Å². The van der Waals surface area contributed by atoms with Crippen LogP contribution in [0.3, 0.4) is 0 Å². The summed E-state index contributed by atoms with van der Waals surface area (Å²) in [5.74, 6) is -0.156. The molecule has 0 aromatic rings. The van der Waals surface area contributed by atoms with Crippen molar-refractivity contribution >= 4 is 15.9 Å². The summed E-state index contributed by atoms with van der Waals surface area (Å²) in [6.45, 7) is 3.62. The van der Waals surface area contributed by atoms with Crippen LogP contribution < -0.4 is 5.32 Å². The molecule has 0 unspecified atom stereocenters. The number of hydrogen-bond donors (Lipinski definition) is 1. The summed E-state index contributed by atoms with van der Waals surface area (Å²) in [6.07, 6.45) is 2.09. The van der Waals surface area contributed by atoms with Crippen molar-refractivity contribution in [1.29, 1.82) is 0 Å². The van der Waals surface area contributed by atoms with Crippen molar-refractivity contribution in [2.24, 2.45) is 5.92 Å². The molecule has 7 heteroatoms. The van der Waals surface area contributed by atoms with Crippen molar-refractivity contribution in [3.8, 4) is 0 Å². The van der Waals surface area contributed by atoms with Crippen LogP contribution in [-0.2, 0) is 19.6 Å². The molecule has 1 aliphatic rings. The molecule has 1 rings (SSSR count). The summed E-state index contributed by atoms with van der Waals surface area (Å²) in [5, 5.41) is 2.77. The first-order valence-electron chi connectivity index (χ1n) is 6.75. The molecule has 6 nitrogen and oxygen atoms in total. The molecular formula is C12H24N2O4S. The Morgan fingerprint density at radius 2 is 2.21 bits per heavy atom. The van der Waals surface area contributed by atoms with Gasteiger partial charge in [0.15, 0.2) is 0 Å². The van der Waals surface area contributed by atoms with Gasteiger partial charge in [-0.3, -0.25) is 4.79 Å². The molecule has 0 bridgehead atoms. The number of carbonyl (C=O) groups is 1. The molecule has 112 valence electrons. The molecule has 1 amide bonds. The fraction of sp³-hybridized carbons (Fsp3) is 0.917. The van der Waals surface area contributed by atoms with Crippen LogP contribution in [0, 0.1) is 5.92 Å². The topological polar surface area (TPSA) is 75.7 Å². The van der Waals surface area contributed by atoms with Gasteiger partial charge in [-0.05, 0) is 19.3 Å². The zero-order chi connectivity index (χ0) is 14.3. The number of piperidine rings is 1. The molecule has 1 heterocycles. The SMILES string of the molecule is CCCS(=O)(=O)N1CCC[C@H](C(=O)NCCOC)C1. The predicted octanol–water partition coefficient (Wildman–Crippen LogP) is 0.201. The lowest BCUT2D eigenvalue weighted by atomic mass is 9.99. The van der Waals surface area contributed by atoms with Gasteiger partial charge in [0.25, 0.3) is 0 Å². The molecule has 1 aliphatic heterocycles. The fourth-order valence-corrected chi connectivity index (χ4v) is 3.81. The van der Waals surface area contributed by atoms with Gasteiger partial charge in [-0.25, -0.2) is 12.7 Å². The first-order chi connectivity index (χ1) is 9.01. The zero-order valence-corrected chi connectivity index (χ0v) is 12.5. The molecule has 0 saturated carbocycles. The summed E-state index contributed by atoms with van der Waals surface area (Å²) < 4.78 is 30.3. The average molecular weight is 292 g/mol. The van der Waals surface area contributed by atoms with Gasteiger partial charge < -0.3 is 10.1 Å². The summed E-state index contributed by atoms with van der Waals surface area (Å²) in [4.78, 5) is 11.9.